The molecular weight excluding hydrogens is 402 g/mol. The standard InChI is InChI=1S/C19H29N3O4S.ClH/c1-26-17-8-7-15(27(24,25)22-14-5-6-14)11-16(17)21-18(23)12-19(13-20)9-3-2-4-10-19;/h7-8,11,14,22H,2-6,9-10,12-13,20H2,1H3,(H,21,23);1H. The van der Waals surface area contributed by atoms with E-state index >= 15 is 0 Å². The first-order valence-electron chi connectivity index (χ1n) is 9.58. The molecule has 3 rings (SSSR count). The van der Waals surface area contributed by atoms with Gasteiger partial charge in [-0.1, -0.05) is 19.3 Å². The number of nitrogens with one attached hydrogen (secondary N) is 2. The van der Waals surface area contributed by atoms with Crippen LogP contribution in [0.15, 0.2) is 23.1 Å². The van der Waals surface area contributed by atoms with Crippen LogP contribution in [0.4, 0.5) is 5.69 Å². The van der Waals surface area contributed by atoms with E-state index in [0.29, 0.717) is 24.4 Å². The number of nitrogens with two attached hydrogens (primary N) is 1. The number of anilines is 1. The number of sulfonamides is 1. The molecule has 28 heavy (non-hydrogen) atoms. The van der Waals surface area contributed by atoms with Gasteiger partial charge in [0.2, 0.25) is 15.9 Å². The van der Waals surface area contributed by atoms with E-state index < -0.39 is 10.0 Å². The average molecular weight is 432 g/mol. The zero-order valence-electron chi connectivity index (χ0n) is 16.2. The Balaban J connectivity index is 0.00000280. The summed E-state index contributed by atoms with van der Waals surface area (Å²) in [5, 5.41) is 2.84. The van der Waals surface area contributed by atoms with Gasteiger partial charge in [0, 0.05) is 12.5 Å². The Morgan fingerprint density at radius 2 is 1.93 bits per heavy atom. The Bertz CT molecular complexity index is 790. The van der Waals surface area contributed by atoms with Gasteiger partial charge in [0.15, 0.2) is 0 Å². The minimum absolute atomic E-state index is 0. The molecule has 0 aliphatic heterocycles. The highest BCUT2D eigenvalue weighted by Gasteiger charge is 2.33. The molecule has 1 aromatic carbocycles. The van der Waals surface area contributed by atoms with E-state index in [0.717, 1.165) is 38.5 Å². The first-order valence-corrected chi connectivity index (χ1v) is 11.1. The molecular formula is C19H30ClN3O4S. The van der Waals surface area contributed by atoms with Gasteiger partial charge in [-0.15, -0.1) is 12.4 Å². The SMILES string of the molecule is COc1ccc(S(=O)(=O)NC2CC2)cc1NC(=O)CC1(CN)CCCCC1.Cl. The molecule has 0 radical (unpaired) electrons. The van der Waals surface area contributed by atoms with E-state index in [1.54, 1.807) is 6.07 Å². The molecule has 7 nitrogen and oxygen atoms in total. The third-order valence-corrected chi connectivity index (χ3v) is 7.06. The molecule has 2 saturated carbocycles. The van der Waals surface area contributed by atoms with Crippen molar-refractivity contribution in [3.8, 4) is 5.75 Å². The second-order valence-electron chi connectivity index (χ2n) is 7.75. The number of halogens is 1. The highest BCUT2D eigenvalue weighted by molar-refractivity contribution is 7.89. The van der Waals surface area contributed by atoms with E-state index in [1.165, 1.54) is 25.7 Å². The van der Waals surface area contributed by atoms with Gasteiger partial charge in [-0.3, -0.25) is 4.79 Å². The number of benzene rings is 1. The molecule has 2 aliphatic carbocycles. The molecule has 158 valence electrons. The Kier molecular flexibility index (Phi) is 7.73. The first-order chi connectivity index (χ1) is 12.9. The van der Waals surface area contributed by atoms with Crippen LogP contribution in [0.25, 0.3) is 0 Å². The van der Waals surface area contributed by atoms with Crippen LogP contribution in [0.5, 0.6) is 5.75 Å². The van der Waals surface area contributed by atoms with E-state index in [4.69, 9.17) is 10.5 Å². The summed E-state index contributed by atoms with van der Waals surface area (Å²) in [5.41, 5.74) is 6.18. The second-order valence-corrected chi connectivity index (χ2v) is 9.46. The average Bonchev–Trinajstić information content (AvgIpc) is 3.45. The number of ether oxygens (including phenoxy) is 1. The summed E-state index contributed by atoms with van der Waals surface area (Å²) < 4.78 is 32.8. The molecule has 2 fully saturated rings. The Labute approximate surface area is 173 Å². The summed E-state index contributed by atoms with van der Waals surface area (Å²) in [4.78, 5) is 12.8. The van der Waals surface area contributed by atoms with E-state index in [-0.39, 0.29) is 34.7 Å². The van der Waals surface area contributed by atoms with Crippen molar-refractivity contribution >= 4 is 34.0 Å². The maximum Gasteiger partial charge on any atom is 0.240 e. The van der Waals surface area contributed by atoms with Gasteiger partial charge in [-0.2, -0.15) is 0 Å². The fourth-order valence-electron chi connectivity index (χ4n) is 3.73. The lowest BCUT2D eigenvalue weighted by molar-refractivity contribution is -0.118. The quantitative estimate of drug-likeness (QED) is 0.586. The molecule has 0 spiro atoms. The molecule has 1 amide bonds. The van der Waals surface area contributed by atoms with Crippen LogP contribution in [-0.4, -0.2) is 34.0 Å². The number of rotatable bonds is 8. The van der Waals surface area contributed by atoms with Crippen molar-refractivity contribution in [2.75, 3.05) is 19.0 Å². The van der Waals surface area contributed by atoms with Crippen molar-refractivity contribution in [2.24, 2.45) is 11.1 Å². The Morgan fingerprint density at radius 1 is 1.25 bits per heavy atom. The monoisotopic (exact) mass is 431 g/mol. The van der Waals surface area contributed by atoms with Crippen LogP contribution in [0.2, 0.25) is 0 Å². The van der Waals surface area contributed by atoms with Gasteiger partial charge in [0.05, 0.1) is 17.7 Å². The van der Waals surface area contributed by atoms with Gasteiger partial charge in [-0.05, 0) is 55.8 Å². The maximum atomic E-state index is 12.7. The van der Waals surface area contributed by atoms with Crippen molar-refractivity contribution in [2.45, 2.75) is 62.3 Å². The molecule has 0 unspecified atom stereocenters. The fraction of sp³-hybridized carbons (Fsp3) is 0.632. The fourth-order valence-corrected chi connectivity index (χ4v) is 5.06. The molecule has 0 saturated heterocycles. The summed E-state index contributed by atoms with van der Waals surface area (Å²) >= 11 is 0. The van der Waals surface area contributed by atoms with Gasteiger partial charge in [0.1, 0.15) is 5.75 Å². The maximum absolute atomic E-state index is 12.7. The third kappa shape index (κ3) is 5.59. The number of methoxy groups -OCH3 is 1. The normalized spacial score (nSPS) is 18.8. The predicted molar refractivity (Wildman–Crippen MR) is 111 cm³/mol. The molecule has 2 aliphatic rings. The van der Waals surface area contributed by atoms with Crippen molar-refractivity contribution in [1.82, 2.24) is 4.72 Å². The topological polar surface area (TPSA) is 111 Å². The third-order valence-electron chi connectivity index (χ3n) is 5.54. The molecule has 0 bridgehead atoms. The van der Waals surface area contributed by atoms with Crippen LogP contribution < -0.4 is 20.5 Å². The summed E-state index contributed by atoms with van der Waals surface area (Å²) in [6.45, 7) is 0.483. The largest absolute Gasteiger partial charge is 0.495 e. The van der Waals surface area contributed by atoms with Crippen molar-refractivity contribution in [1.29, 1.82) is 0 Å². The number of hydrogen-bond donors (Lipinski definition) is 3. The number of hydrogen-bond acceptors (Lipinski definition) is 5. The first kappa shape index (κ1) is 22.9. The summed E-state index contributed by atoms with van der Waals surface area (Å²) in [6, 6.07) is 4.53. The molecule has 1 aromatic rings. The van der Waals surface area contributed by atoms with Crippen LogP contribution in [0.3, 0.4) is 0 Å². The summed E-state index contributed by atoms with van der Waals surface area (Å²) in [6.07, 6.45) is 7.33. The highest BCUT2D eigenvalue weighted by Crippen LogP contribution is 2.39. The lowest BCUT2D eigenvalue weighted by atomic mass is 9.71. The minimum atomic E-state index is -3.60. The Morgan fingerprint density at radius 3 is 2.50 bits per heavy atom. The van der Waals surface area contributed by atoms with E-state index in [2.05, 4.69) is 10.0 Å². The molecule has 0 aromatic heterocycles. The van der Waals surface area contributed by atoms with Gasteiger partial charge < -0.3 is 15.8 Å². The predicted octanol–water partition coefficient (Wildman–Crippen LogP) is 2.80. The van der Waals surface area contributed by atoms with Gasteiger partial charge in [0.25, 0.3) is 0 Å². The van der Waals surface area contributed by atoms with Gasteiger partial charge in [-0.25, -0.2) is 13.1 Å². The van der Waals surface area contributed by atoms with Crippen molar-refractivity contribution < 1.29 is 17.9 Å². The van der Waals surface area contributed by atoms with Crippen LogP contribution >= 0.6 is 12.4 Å². The summed E-state index contributed by atoms with van der Waals surface area (Å²) in [5.74, 6) is 0.268. The lowest BCUT2D eigenvalue weighted by Crippen LogP contribution is -2.36. The van der Waals surface area contributed by atoms with E-state index in [1.807, 2.05) is 0 Å². The lowest BCUT2D eigenvalue weighted by Gasteiger charge is -2.35. The summed E-state index contributed by atoms with van der Waals surface area (Å²) in [7, 11) is -2.11. The van der Waals surface area contributed by atoms with Crippen LogP contribution in [0.1, 0.15) is 51.4 Å². The second kappa shape index (κ2) is 9.43. The van der Waals surface area contributed by atoms with Crippen molar-refractivity contribution in [3.63, 3.8) is 0 Å². The van der Waals surface area contributed by atoms with Crippen molar-refractivity contribution in [3.05, 3.63) is 18.2 Å². The highest BCUT2D eigenvalue weighted by atomic mass is 35.5. The number of carbonyl (C=O) groups is 1. The van der Waals surface area contributed by atoms with E-state index in [9.17, 15) is 13.2 Å². The van der Waals surface area contributed by atoms with Crippen LogP contribution in [0, 0.1) is 5.41 Å². The van der Waals surface area contributed by atoms with Crippen LogP contribution in [-0.2, 0) is 14.8 Å². The molecule has 0 atom stereocenters. The zero-order chi connectivity index (χ0) is 19.5. The number of carbonyl (C=O) groups excluding carboxylic acids is 1. The minimum Gasteiger partial charge on any atom is -0.495 e. The molecule has 4 N–H and O–H groups in total. The zero-order valence-corrected chi connectivity index (χ0v) is 17.8. The number of amides is 1. The smallest absolute Gasteiger partial charge is 0.240 e. The van der Waals surface area contributed by atoms with Gasteiger partial charge >= 0.3 is 0 Å². The molecule has 9 heteroatoms. The Hall–Kier alpha value is -1.35. The molecule has 0 heterocycles.